The Labute approximate surface area is 317 Å². The number of furan rings is 2. The summed E-state index contributed by atoms with van der Waals surface area (Å²) < 4.78 is 13.1. The summed E-state index contributed by atoms with van der Waals surface area (Å²) in [6.07, 6.45) is 0. The largest absolute Gasteiger partial charge is 0.456 e. The number of fused-ring (bicyclic) bond motifs is 8. The minimum Gasteiger partial charge on any atom is -0.456 e. The molecule has 0 saturated heterocycles. The van der Waals surface area contributed by atoms with Gasteiger partial charge in [-0.15, -0.1) is 0 Å². The van der Waals surface area contributed by atoms with Gasteiger partial charge >= 0.3 is 0 Å². The van der Waals surface area contributed by atoms with Gasteiger partial charge in [0.1, 0.15) is 22.3 Å². The molecule has 0 aliphatic carbocycles. The van der Waals surface area contributed by atoms with Crippen molar-refractivity contribution in [2.75, 3.05) is 4.90 Å². The van der Waals surface area contributed by atoms with Crippen LogP contribution in [0, 0.1) is 0 Å². The van der Waals surface area contributed by atoms with Crippen LogP contribution in [0.5, 0.6) is 0 Å². The molecule has 0 aliphatic heterocycles. The van der Waals surface area contributed by atoms with Gasteiger partial charge in [0.15, 0.2) is 0 Å². The molecule has 2 heterocycles. The van der Waals surface area contributed by atoms with E-state index < -0.39 is 0 Å². The van der Waals surface area contributed by atoms with E-state index in [2.05, 4.69) is 193 Å². The maximum Gasteiger partial charge on any atom is 0.143 e. The van der Waals surface area contributed by atoms with Crippen molar-refractivity contribution in [1.82, 2.24) is 0 Å². The van der Waals surface area contributed by atoms with E-state index in [9.17, 15) is 0 Å². The van der Waals surface area contributed by atoms with Crippen molar-refractivity contribution in [3.8, 4) is 33.4 Å². The molecule has 0 amide bonds. The summed E-state index contributed by atoms with van der Waals surface area (Å²) in [5, 5.41) is 6.87. The third-order valence-corrected chi connectivity index (χ3v) is 10.9. The van der Waals surface area contributed by atoms with Gasteiger partial charge in [-0.1, -0.05) is 152 Å². The second kappa shape index (κ2) is 12.6. The normalized spacial score (nSPS) is 11.6. The van der Waals surface area contributed by atoms with Gasteiger partial charge in [0.05, 0.1) is 5.69 Å². The number of benzene rings is 9. The van der Waals surface area contributed by atoms with Gasteiger partial charge < -0.3 is 13.7 Å². The monoisotopic (exact) mass is 703 g/mol. The summed E-state index contributed by atoms with van der Waals surface area (Å²) in [6, 6.07) is 70.9. The van der Waals surface area contributed by atoms with Crippen LogP contribution in [0.3, 0.4) is 0 Å². The number of rotatable bonds is 6. The first-order valence-electron chi connectivity index (χ1n) is 18.7. The highest BCUT2D eigenvalue weighted by molar-refractivity contribution is 6.20. The molecule has 3 heteroatoms. The molecule has 3 nitrogen and oxygen atoms in total. The summed E-state index contributed by atoms with van der Waals surface area (Å²) >= 11 is 0. The SMILES string of the molecule is c1ccc(-c2ccc(N(c3ccc(-c4cccc5c4oc4ccccc45)cc3)c3cc4oc5ccc6ccccc6c5c4cc3-c3ccccc3)cc2)cc1. The lowest BCUT2D eigenvalue weighted by atomic mass is 9.97. The predicted octanol–water partition coefficient (Wildman–Crippen LogP) is 15.1. The van der Waals surface area contributed by atoms with E-state index in [4.69, 9.17) is 8.83 Å². The van der Waals surface area contributed by atoms with Gasteiger partial charge in [-0.25, -0.2) is 0 Å². The van der Waals surface area contributed by atoms with Crippen molar-refractivity contribution in [2.45, 2.75) is 0 Å². The molecule has 11 rings (SSSR count). The quantitative estimate of drug-likeness (QED) is 0.173. The molecule has 258 valence electrons. The average Bonchev–Trinajstić information content (AvgIpc) is 3.83. The summed E-state index contributed by atoms with van der Waals surface area (Å²) in [6.45, 7) is 0. The molecule has 0 fully saturated rings. The lowest BCUT2D eigenvalue weighted by Gasteiger charge is -2.28. The molecule has 0 unspecified atom stereocenters. The fourth-order valence-electron chi connectivity index (χ4n) is 8.24. The fourth-order valence-corrected chi connectivity index (χ4v) is 8.24. The Kier molecular flexibility index (Phi) is 7.17. The Morgan fingerprint density at radius 1 is 0.327 bits per heavy atom. The third-order valence-electron chi connectivity index (χ3n) is 10.9. The number of para-hydroxylation sites is 2. The number of anilines is 3. The highest BCUT2D eigenvalue weighted by Crippen LogP contribution is 2.46. The van der Waals surface area contributed by atoms with Crippen molar-refractivity contribution >= 4 is 71.7 Å². The van der Waals surface area contributed by atoms with Crippen LogP contribution in [-0.2, 0) is 0 Å². The zero-order chi connectivity index (χ0) is 36.3. The minimum atomic E-state index is 0.847. The van der Waals surface area contributed by atoms with Crippen molar-refractivity contribution in [3.63, 3.8) is 0 Å². The lowest BCUT2D eigenvalue weighted by molar-refractivity contribution is 0.669. The number of hydrogen-bond acceptors (Lipinski definition) is 3. The van der Waals surface area contributed by atoms with E-state index in [0.29, 0.717) is 0 Å². The third kappa shape index (κ3) is 5.20. The molecule has 55 heavy (non-hydrogen) atoms. The van der Waals surface area contributed by atoms with E-state index in [1.807, 2.05) is 12.1 Å². The molecule has 2 aromatic heterocycles. The molecule has 0 spiro atoms. The van der Waals surface area contributed by atoms with Crippen LogP contribution in [0.1, 0.15) is 0 Å². The van der Waals surface area contributed by atoms with Crippen molar-refractivity contribution in [1.29, 1.82) is 0 Å². The molecular weight excluding hydrogens is 671 g/mol. The molecule has 0 bridgehead atoms. The first-order valence-corrected chi connectivity index (χ1v) is 18.7. The maximum atomic E-state index is 6.70. The molecule has 0 atom stereocenters. The molecule has 0 saturated carbocycles. The van der Waals surface area contributed by atoms with Crippen molar-refractivity contribution in [3.05, 3.63) is 200 Å². The zero-order valence-corrected chi connectivity index (χ0v) is 29.8. The van der Waals surface area contributed by atoms with Gasteiger partial charge in [-0.05, 0) is 75.5 Å². The number of hydrogen-bond donors (Lipinski definition) is 0. The minimum absolute atomic E-state index is 0.847. The van der Waals surface area contributed by atoms with Crippen LogP contribution in [0.2, 0.25) is 0 Å². The van der Waals surface area contributed by atoms with Gasteiger partial charge in [0, 0.05) is 50.1 Å². The summed E-state index contributed by atoms with van der Waals surface area (Å²) in [7, 11) is 0. The summed E-state index contributed by atoms with van der Waals surface area (Å²) in [5.41, 5.74) is 13.4. The van der Waals surface area contributed by atoms with Crippen LogP contribution in [0.4, 0.5) is 17.1 Å². The molecule has 0 N–H and O–H groups in total. The summed E-state index contributed by atoms with van der Waals surface area (Å²) in [4.78, 5) is 2.35. The second-order valence-electron chi connectivity index (χ2n) is 14.1. The topological polar surface area (TPSA) is 29.5 Å². The lowest BCUT2D eigenvalue weighted by Crippen LogP contribution is -2.11. The van der Waals surface area contributed by atoms with Gasteiger partial charge in [0.25, 0.3) is 0 Å². The van der Waals surface area contributed by atoms with Gasteiger partial charge in [-0.3, -0.25) is 0 Å². The number of nitrogens with zero attached hydrogens (tertiary/aromatic N) is 1. The highest BCUT2D eigenvalue weighted by Gasteiger charge is 2.22. The molecule has 9 aromatic carbocycles. The van der Waals surface area contributed by atoms with E-state index >= 15 is 0 Å². The fraction of sp³-hybridized carbons (Fsp3) is 0. The van der Waals surface area contributed by atoms with Gasteiger partial charge in [0.2, 0.25) is 0 Å². The summed E-state index contributed by atoms with van der Waals surface area (Å²) in [5.74, 6) is 0. The standard InChI is InChI=1S/C52H33NO2/c1-3-12-34(13-4-1)35-22-27-39(28-23-35)53(40-29-24-38(25-30-40)42-19-11-20-44-43-18-9-10-21-48(43)55-52(42)44)47-33-50-46(32-45(47)36-14-5-2-6-15-36)51-41-17-8-7-16-37(41)26-31-49(51)54-50/h1-33H. The predicted molar refractivity (Wildman–Crippen MR) is 229 cm³/mol. The molecular formula is C52H33NO2. The van der Waals surface area contributed by atoms with Crippen LogP contribution >= 0.6 is 0 Å². The second-order valence-corrected chi connectivity index (χ2v) is 14.1. The van der Waals surface area contributed by atoms with E-state index in [-0.39, 0.29) is 0 Å². The van der Waals surface area contributed by atoms with Crippen molar-refractivity contribution < 1.29 is 8.83 Å². The van der Waals surface area contributed by atoms with E-state index in [1.165, 1.54) is 21.9 Å². The van der Waals surface area contributed by atoms with E-state index in [0.717, 1.165) is 83.2 Å². The highest BCUT2D eigenvalue weighted by atomic mass is 16.3. The Morgan fingerprint density at radius 2 is 0.927 bits per heavy atom. The van der Waals surface area contributed by atoms with Crippen LogP contribution in [0.25, 0.3) is 88.0 Å². The van der Waals surface area contributed by atoms with Crippen LogP contribution in [-0.4, -0.2) is 0 Å². The Hall–Kier alpha value is -7.36. The Bertz CT molecular complexity index is 3180. The zero-order valence-electron chi connectivity index (χ0n) is 29.8. The Balaban J connectivity index is 1.13. The maximum absolute atomic E-state index is 6.70. The van der Waals surface area contributed by atoms with E-state index in [1.54, 1.807) is 0 Å². The Morgan fingerprint density at radius 3 is 1.69 bits per heavy atom. The van der Waals surface area contributed by atoms with Gasteiger partial charge in [-0.2, -0.15) is 0 Å². The molecule has 0 radical (unpaired) electrons. The molecule has 0 aliphatic rings. The molecule has 11 aromatic rings. The van der Waals surface area contributed by atoms with Crippen LogP contribution < -0.4 is 4.90 Å². The van der Waals surface area contributed by atoms with Crippen molar-refractivity contribution in [2.24, 2.45) is 0 Å². The first-order chi connectivity index (χ1) is 27.3. The average molecular weight is 704 g/mol. The first kappa shape index (κ1) is 31.2. The van der Waals surface area contributed by atoms with Crippen LogP contribution in [0.15, 0.2) is 209 Å². The smallest absolute Gasteiger partial charge is 0.143 e.